The van der Waals surface area contributed by atoms with Gasteiger partial charge in [-0.2, -0.15) is 0 Å². The first kappa shape index (κ1) is 21.1. The highest BCUT2D eigenvalue weighted by Gasteiger charge is 2.42. The molecule has 0 radical (unpaired) electrons. The third-order valence-corrected chi connectivity index (χ3v) is 8.21. The normalized spacial score (nSPS) is 16.0. The summed E-state index contributed by atoms with van der Waals surface area (Å²) >= 11 is 0. The minimum Gasteiger partial charge on any atom is -0.481 e. The first-order valence-electron chi connectivity index (χ1n) is 7.45. The molecule has 0 aromatic heterocycles. The Morgan fingerprint density at radius 3 is 1.91 bits per heavy atom. The molecular weight excluding hydrogens is 302 g/mol. The standard InChI is InChI=1S/C15H31NO5Si/c1-14(2,3)20-13(19)10(9-11(17)18)12(16)21-22(7,8)15(4,5)6/h10,12H,9,16H2,1-8H3,(H,17,18). The lowest BCUT2D eigenvalue weighted by atomic mass is 10.0. The highest BCUT2D eigenvalue weighted by molar-refractivity contribution is 6.74. The fourth-order valence-corrected chi connectivity index (χ4v) is 2.70. The lowest BCUT2D eigenvalue weighted by Gasteiger charge is -2.39. The number of rotatable bonds is 6. The molecule has 130 valence electrons. The lowest BCUT2D eigenvalue weighted by Crippen LogP contribution is -2.51. The van der Waals surface area contributed by atoms with Crippen LogP contribution in [-0.4, -0.2) is 37.2 Å². The summed E-state index contributed by atoms with van der Waals surface area (Å²) in [6, 6.07) is 0. The van der Waals surface area contributed by atoms with Crippen LogP contribution in [-0.2, 0) is 18.8 Å². The number of carboxylic acids is 1. The van der Waals surface area contributed by atoms with E-state index in [-0.39, 0.29) is 5.04 Å². The molecule has 0 heterocycles. The second-order valence-corrected chi connectivity index (χ2v) is 12.8. The third kappa shape index (κ3) is 6.89. The molecule has 0 fully saturated rings. The van der Waals surface area contributed by atoms with Gasteiger partial charge in [0.1, 0.15) is 17.7 Å². The van der Waals surface area contributed by atoms with E-state index >= 15 is 0 Å². The summed E-state index contributed by atoms with van der Waals surface area (Å²) in [7, 11) is -2.21. The van der Waals surface area contributed by atoms with Gasteiger partial charge in [-0.05, 0) is 38.9 Å². The molecule has 2 atom stereocenters. The van der Waals surface area contributed by atoms with Crippen LogP contribution in [0.15, 0.2) is 0 Å². The Morgan fingerprint density at radius 2 is 1.59 bits per heavy atom. The van der Waals surface area contributed by atoms with E-state index in [4.69, 9.17) is 20.0 Å². The molecule has 0 aromatic rings. The summed E-state index contributed by atoms with van der Waals surface area (Å²) in [6.07, 6.45) is -1.41. The SMILES string of the molecule is CC(C)(C)OC(=O)C(CC(=O)O)C(N)O[Si](C)(C)C(C)(C)C. The molecule has 0 spiro atoms. The average molecular weight is 334 g/mol. The maximum absolute atomic E-state index is 12.2. The summed E-state index contributed by atoms with van der Waals surface area (Å²) in [5.41, 5.74) is 5.31. The summed E-state index contributed by atoms with van der Waals surface area (Å²) in [5.74, 6) is -2.77. The molecule has 0 bridgehead atoms. The maximum Gasteiger partial charge on any atom is 0.314 e. The lowest BCUT2D eigenvalue weighted by molar-refractivity contribution is -0.166. The van der Waals surface area contributed by atoms with Crippen molar-refractivity contribution in [2.24, 2.45) is 11.7 Å². The van der Waals surface area contributed by atoms with Gasteiger partial charge in [0.05, 0.1) is 6.42 Å². The van der Waals surface area contributed by atoms with Crippen molar-refractivity contribution in [2.45, 2.75) is 77.9 Å². The van der Waals surface area contributed by atoms with Gasteiger partial charge in [-0.15, -0.1) is 0 Å². The van der Waals surface area contributed by atoms with Crippen molar-refractivity contribution in [3.63, 3.8) is 0 Å². The molecule has 7 heteroatoms. The van der Waals surface area contributed by atoms with Crippen molar-refractivity contribution >= 4 is 20.3 Å². The Balaban J connectivity index is 5.19. The van der Waals surface area contributed by atoms with Crippen LogP contribution in [0.1, 0.15) is 48.0 Å². The van der Waals surface area contributed by atoms with Gasteiger partial charge in [0.15, 0.2) is 8.32 Å². The highest BCUT2D eigenvalue weighted by atomic mass is 28.4. The molecular formula is C15H31NO5Si. The van der Waals surface area contributed by atoms with Gasteiger partial charge >= 0.3 is 11.9 Å². The monoisotopic (exact) mass is 333 g/mol. The van der Waals surface area contributed by atoms with Gasteiger partial charge < -0.3 is 20.0 Å². The number of aliphatic carboxylic acids is 1. The number of carbonyl (C=O) groups excluding carboxylic acids is 1. The molecule has 0 saturated carbocycles. The molecule has 0 amide bonds. The van der Waals surface area contributed by atoms with Crippen LogP contribution in [0.4, 0.5) is 0 Å². The van der Waals surface area contributed by atoms with E-state index in [9.17, 15) is 9.59 Å². The fourth-order valence-electron chi connectivity index (χ4n) is 1.50. The second kappa shape index (κ2) is 7.10. The van der Waals surface area contributed by atoms with Gasteiger partial charge in [0, 0.05) is 0 Å². The number of carbonyl (C=O) groups is 2. The first-order chi connectivity index (χ1) is 9.57. The van der Waals surface area contributed by atoms with Gasteiger partial charge in [0.25, 0.3) is 0 Å². The van der Waals surface area contributed by atoms with Crippen molar-refractivity contribution in [2.75, 3.05) is 0 Å². The summed E-state index contributed by atoms with van der Waals surface area (Å²) in [5, 5.41) is 8.94. The van der Waals surface area contributed by atoms with Crippen LogP contribution < -0.4 is 5.73 Å². The smallest absolute Gasteiger partial charge is 0.314 e. The number of hydrogen-bond donors (Lipinski definition) is 2. The molecule has 0 aliphatic rings. The van der Waals surface area contributed by atoms with E-state index < -0.39 is 44.4 Å². The molecule has 0 rings (SSSR count). The molecule has 3 N–H and O–H groups in total. The Hall–Kier alpha value is -0.923. The van der Waals surface area contributed by atoms with Crippen LogP contribution in [0.2, 0.25) is 18.1 Å². The van der Waals surface area contributed by atoms with Crippen LogP contribution in [0, 0.1) is 5.92 Å². The first-order valence-corrected chi connectivity index (χ1v) is 10.4. The fraction of sp³-hybridized carbons (Fsp3) is 0.867. The van der Waals surface area contributed by atoms with Crippen LogP contribution in [0.3, 0.4) is 0 Å². The predicted molar refractivity (Wildman–Crippen MR) is 87.8 cm³/mol. The van der Waals surface area contributed by atoms with Crippen LogP contribution in [0.5, 0.6) is 0 Å². The van der Waals surface area contributed by atoms with Crippen LogP contribution >= 0.6 is 0 Å². The molecule has 0 aromatic carbocycles. The quantitative estimate of drug-likeness (QED) is 0.440. The van der Waals surface area contributed by atoms with E-state index in [0.29, 0.717) is 0 Å². The third-order valence-electron chi connectivity index (χ3n) is 3.74. The number of hydrogen-bond acceptors (Lipinski definition) is 5. The molecule has 0 saturated heterocycles. The Bertz CT molecular complexity index is 409. The Labute approximate surface area is 134 Å². The zero-order valence-electron chi connectivity index (χ0n) is 15.0. The van der Waals surface area contributed by atoms with E-state index in [2.05, 4.69) is 0 Å². The van der Waals surface area contributed by atoms with E-state index in [1.807, 2.05) is 33.9 Å². The van der Waals surface area contributed by atoms with Crippen molar-refractivity contribution in [3.05, 3.63) is 0 Å². The van der Waals surface area contributed by atoms with Gasteiger partial charge in [-0.3, -0.25) is 9.59 Å². The van der Waals surface area contributed by atoms with E-state index in [1.54, 1.807) is 20.8 Å². The molecule has 0 aliphatic carbocycles. The number of carboxylic acid groups (broad SMARTS) is 1. The number of nitrogens with two attached hydrogens (primary N) is 1. The Kier molecular flexibility index (Phi) is 6.80. The minimum atomic E-state index is -2.21. The van der Waals surface area contributed by atoms with Crippen molar-refractivity contribution in [1.82, 2.24) is 0 Å². The second-order valence-electron chi connectivity index (χ2n) is 8.08. The Morgan fingerprint density at radius 1 is 1.14 bits per heavy atom. The molecule has 6 nitrogen and oxygen atoms in total. The molecule has 0 aliphatic heterocycles. The van der Waals surface area contributed by atoms with Gasteiger partial charge in [-0.1, -0.05) is 20.8 Å². The summed E-state index contributed by atoms with van der Waals surface area (Å²) < 4.78 is 11.2. The van der Waals surface area contributed by atoms with Crippen molar-refractivity contribution in [1.29, 1.82) is 0 Å². The topological polar surface area (TPSA) is 98.9 Å². The van der Waals surface area contributed by atoms with Crippen LogP contribution in [0.25, 0.3) is 0 Å². The number of esters is 1. The van der Waals surface area contributed by atoms with Crippen molar-refractivity contribution < 1.29 is 23.9 Å². The molecule has 2 unspecified atom stereocenters. The van der Waals surface area contributed by atoms with Gasteiger partial charge in [0.2, 0.25) is 0 Å². The highest BCUT2D eigenvalue weighted by Crippen LogP contribution is 2.37. The number of ether oxygens (including phenoxy) is 1. The van der Waals surface area contributed by atoms with Crippen molar-refractivity contribution in [3.8, 4) is 0 Å². The predicted octanol–water partition coefficient (Wildman–Crippen LogP) is 2.73. The van der Waals surface area contributed by atoms with E-state index in [0.717, 1.165) is 0 Å². The maximum atomic E-state index is 12.2. The molecule has 22 heavy (non-hydrogen) atoms. The summed E-state index contributed by atoms with van der Waals surface area (Å²) in [6.45, 7) is 15.3. The minimum absolute atomic E-state index is 0.0909. The summed E-state index contributed by atoms with van der Waals surface area (Å²) in [4.78, 5) is 23.3. The zero-order valence-corrected chi connectivity index (χ0v) is 16.0. The largest absolute Gasteiger partial charge is 0.481 e. The average Bonchev–Trinajstić information content (AvgIpc) is 2.20. The van der Waals surface area contributed by atoms with Gasteiger partial charge in [-0.25, -0.2) is 0 Å². The zero-order chi connectivity index (χ0) is 17.9. The van der Waals surface area contributed by atoms with E-state index in [1.165, 1.54) is 0 Å².